The second kappa shape index (κ2) is 7.77. The number of nitrogens with one attached hydrogen (secondary N) is 1. The Balaban J connectivity index is 2.03. The van der Waals surface area contributed by atoms with Crippen molar-refractivity contribution >= 4 is 35.0 Å². The van der Waals surface area contributed by atoms with Crippen molar-refractivity contribution in [3.8, 4) is 11.5 Å². The van der Waals surface area contributed by atoms with Crippen LogP contribution in [0.3, 0.4) is 0 Å². The molecule has 0 radical (unpaired) electrons. The van der Waals surface area contributed by atoms with Crippen LogP contribution >= 0.6 is 23.8 Å². The number of ether oxygens (including phenoxy) is 2. The first-order valence-corrected chi connectivity index (χ1v) is 7.23. The topological polar surface area (TPSA) is 42.8 Å². The van der Waals surface area contributed by atoms with E-state index in [9.17, 15) is 0 Å². The maximum atomic E-state index is 5.84. The second-order valence-corrected chi connectivity index (χ2v) is 5.17. The summed E-state index contributed by atoms with van der Waals surface area (Å²) in [6.45, 7) is 0. The largest absolute Gasteiger partial charge is 0.493 e. The number of rotatable bonds is 5. The van der Waals surface area contributed by atoms with E-state index >= 15 is 0 Å². The summed E-state index contributed by atoms with van der Waals surface area (Å²) in [6.07, 6.45) is 1.66. The molecule has 6 heteroatoms. The third-order valence-electron chi connectivity index (χ3n) is 2.89. The van der Waals surface area contributed by atoms with Crippen LogP contribution in [-0.2, 0) is 0 Å². The smallest absolute Gasteiger partial charge is 0.161 e. The molecule has 0 saturated carbocycles. The molecule has 114 valence electrons. The Morgan fingerprint density at radius 1 is 1.09 bits per heavy atom. The summed E-state index contributed by atoms with van der Waals surface area (Å²) >= 11 is 11.1. The summed E-state index contributed by atoms with van der Waals surface area (Å²) in [5.41, 5.74) is 4.53. The van der Waals surface area contributed by atoms with Crippen LogP contribution in [0.4, 0.5) is 0 Å². The molecule has 0 aliphatic rings. The Hall–Kier alpha value is -2.11. The van der Waals surface area contributed by atoms with Gasteiger partial charge in [-0.15, -0.1) is 0 Å². The molecule has 0 fully saturated rings. The van der Waals surface area contributed by atoms with Gasteiger partial charge in [-0.2, -0.15) is 5.10 Å². The summed E-state index contributed by atoms with van der Waals surface area (Å²) in [5, 5.41) is 4.79. The molecule has 0 aliphatic carbocycles. The highest BCUT2D eigenvalue weighted by Crippen LogP contribution is 2.26. The molecule has 0 amide bonds. The average molecular weight is 335 g/mol. The molecule has 0 unspecified atom stereocenters. The molecule has 1 N–H and O–H groups in total. The van der Waals surface area contributed by atoms with Crippen molar-refractivity contribution in [2.24, 2.45) is 5.10 Å². The summed E-state index contributed by atoms with van der Waals surface area (Å²) in [5.74, 6) is 1.32. The van der Waals surface area contributed by atoms with Crippen LogP contribution in [-0.4, -0.2) is 25.4 Å². The first-order chi connectivity index (χ1) is 10.6. The maximum absolute atomic E-state index is 5.84. The van der Waals surface area contributed by atoms with Crippen LogP contribution in [0.1, 0.15) is 11.1 Å². The minimum absolute atomic E-state index is 0.522. The molecule has 0 bridgehead atoms. The lowest BCUT2D eigenvalue weighted by atomic mass is 10.2. The highest BCUT2D eigenvalue weighted by atomic mass is 35.5. The lowest BCUT2D eigenvalue weighted by Crippen LogP contribution is -2.16. The van der Waals surface area contributed by atoms with E-state index in [2.05, 4.69) is 10.5 Å². The predicted octanol–water partition coefficient (Wildman–Crippen LogP) is 3.66. The van der Waals surface area contributed by atoms with Gasteiger partial charge in [-0.3, -0.25) is 5.43 Å². The van der Waals surface area contributed by atoms with Gasteiger partial charge in [0.1, 0.15) is 4.99 Å². The standard InChI is InChI=1S/C16H15ClN2O2S/c1-20-14-8-3-11(9-15(14)21-2)10-18-19-16(22)12-4-6-13(17)7-5-12/h3-10H,1-2H3,(H,19,22)/b18-10+. The molecule has 2 rings (SSSR count). The van der Waals surface area contributed by atoms with Crippen molar-refractivity contribution in [3.63, 3.8) is 0 Å². The van der Waals surface area contributed by atoms with Crippen LogP contribution in [0.15, 0.2) is 47.6 Å². The van der Waals surface area contributed by atoms with Crippen LogP contribution in [0, 0.1) is 0 Å². The van der Waals surface area contributed by atoms with Crippen LogP contribution in [0.5, 0.6) is 11.5 Å². The number of hydrazone groups is 1. The minimum atomic E-state index is 0.522. The van der Waals surface area contributed by atoms with Gasteiger partial charge < -0.3 is 9.47 Å². The van der Waals surface area contributed by atoms with Crippen molar-refractivity contribution < 1.29 is 9.47 Å². The molecule has 4 nitrogen and oxygen atoms in total. The van der Waals surface area contributed by atoms with Crippen molar-refractivity contribution in [3.05, 3.63) is 58.6 Å². The summed E-state index contributed by atoms with van der Waals surface area (Å²) in [7, 11) is 3.18. The van der Waals surface area contributed by atoms with Crippen LogP contribution in [0.2, 0.25) is 5.02 Å². The molecule has 0 spiro atoms. The van der Waals surface area contributed by atoms with E-state index < -0.39 is 0 Å². The number of thiocarbonyl (C=S) groups is 1. The first-order valence-electron chi connectivity index (χ1n) is 6.45. The fourth-order valence-electron chi connectivity index (χ4n) is 1.76. The zero-order chi connectivity index (χ0) is 15.9. The van der Waals surface area contributed by atoms with Gasteiger partial charge in [0.2, 0.25) is 0 Å². The van der Waals surface area contributed by atoms with Crippen molar-refractivity contribution in [2.45, 2.75) is 0 Å². The zero-order valence-electron chi connectivity index (χ0n) is 12.2. The van der Waals surface area contributed by atoms with E-state index in [1.807, 2.05) is 30.3 Å². The minimum Gasteiger partial charge on any atom is -0.493 e. The van der Waals surface area contributed by atoms with Gasteiger partial charge in [0.05, 0.1) is 20.4 Å². The Labute approximate surface area is 139 Å². The predicted molar refractivity (Wildman–Crippen MR) is 93.4 cm³/mol. The second-order valence-electron chi connectivity index (χ2n) is 4.32. The molecule has 0 heterocycles. The number of methoxy groups -OCH3 is 2. The molecule has 2 aromatic rings. The first kappa shape index (κ1) is 16.3. The quantitative estimate of drug-likeness (QED) is 0.515. The maximum Gasteiger partial charge on any atom is 0.161 e. The number of halogens is 1. The van der Waals surface area contributed by atoms with E-state index in [1.165, 1.54) is 0 Å². The highest BCUT2D eigenvalue weighted by molar-refractivity contribution is 7.80. The normalized spacial score (nSPS) is 10.5. The molecular formula is C16H15ClN2O2S. The van der Waals surface area contributed by atoms with Crippen molar-refractivity contribution in [2.75, 3.05) is 14.2 Å². The van der Waals surface area contributed by atoms with Crippen molar-refractivity contribution in [1.29, 1.82) is 0 Å². The molecular weight excluding hydrogens is 320 g/mol. The lowest BCUT2D eigenvalue weighted by Gasteiger charge is -2.07. The summed E-state index contributed by atoms with van der Waals surface area (Å²) < 4.78 is 10.4. The Bertz CT molecular complexity index is 687. The molecule has 2 aromatic carbocycles. The van der Waals surface area contributed by atoms with Gasteiger partial charge in [0, 0.05) is 10.6 Å². The van der Waals surface area contributed by atoms with E-state index in [0.717, 1.165) is 11.1 Å². The summed E-state index contributed by atoms with van der Waals surface area (Å²) in [4.78, 5) is 0.522. The van der Waals surface area contributed by atoms with E-state index in [-0.39, 0.29) is 0 Å². The Morgan fingerprint density at radius 2 is 1.77 bits per heavy atom. The molecule has 0 atom stereocenters. The van der Waals surface area contributed by atoms with Gasteiger partial charge in [0.25, 0.3) is 0 Å². The number of hydrogen-bond donors (Lipinski definition) is 1. The Morgan fingerprint density at radius 3 is 2.41 bits per heavy atom. The molecule has 0 saturated heterocycles. The average Bonchev–Trinajstić information content (AvgIpc) is 2.55. The fraction of sp³-hybridized carbons (Fsp3) is 0.125. The SMILES string of the molecule is COc1ccc(/C=N/NC(=S)c2ccc(Cl)cc2)cc1OC. The van der Waals surface area contributed by atoms with Crippen molar-refractivity contribution in [1.82, 2.24) is 5.43 Å². The Kier molecular flexibility index (Phi) is 5.75. The van der Waals surface area contributed by atoms with Gasteiger partial charge in [0.15, 0.2) is 11.5 Å². The fourth-order valence-corrected chi connectivity index (χ4v) is 2.08. The molecule has 0 aromatic heterocycles. The lowest BCUT2D eigenvalue weighted by molar-refractivity contribution is 0.355. The molecule has 0 aliphatic heterocycles. The van der Waals surface area contributed by atoms with E-state index in [1.54, 1.807) is 32.6 Å². The summed E-state index contributed by atoms with van der Waals surface area (Å²) in [6, 6.07) is 12.8. The van der Waals surface area contributed by atoms with E-state index in [0.29, 0.717) is 21.5 Å². The van der Waals surface area contributed by atoms with E-state index in [4.69, 9.17) is 33.3 Å². The number of hydrogen-bond acceptors (Lipinski definition) is 4. The number of benzene rings is 2. The third kappa shape index (κ3) is 4.19. The molecule has 22 heavy (non-hydrogen) atoms. The van der Waals surface area contributed by atoms with Gasteiger partial charge >= 0.3 is 0 Å². The van der Waals surface area contributed by atoms with Crippen LogP contribution < -0.4 is 14.9 Å². The monoisotopic (exact) mass is 334 g/mol. The van der Waals surface area contributed by atoms with Gasteiger partial charge in [-0.25, -0.2) is 0 Å². The van der Waals surface area contributed by atoms with Crippen LogP contribution in [0.25, 0.3) is 0 Å². The van der Waals surface area contributed by atoms with Gasteiger partial charge in [-0.05, 0) is 35.9 Å². The third-order valence-corrected chi connectivity index (χ3v) is 3.47. The zero-order valence-corrected chi connectivity index (χ0v) is 13.7. The highest BCUT2D eigenvalue weighted by Gasteiger charge is 2.03. The van der Waals surface area contributed by atoms with Gasteiger partial charge in [-0.1, -0.05) is 36.0 Å². The number of nitrogens with zero attached hydrogens (tertiary/aromatic N) is 1.